The van der Waals surface area contributed by atoms with Crippen LogP contribution in [0.15, 0.2) is 25.3 Å². The van der Waals surface area contributed by atoms with E-state index in [9.17, 15) is 39.8 Å². The predicted octanol–water partition coefficient (Wildman–Crippen LogP) is -3.86. The first-order chi connectivity index (χ1) is 21.6. The normalized spacial score (nSPS) is 27.9. The minimum Gasteiger partial charge on any atom is -0.492 e. The topological polar surface area (TPSA) is 361 Å². The van der Waals surface area contributed by atoms with E-state index in [2.05, 4.69) is 39.0 Å². The third-order valence-corrected chi connectivity index (χ3v) is 7.69. The van der Waals surface area contributed by atoms with Crippen molar-refractivity contribution in [2.45, 2.75) is 49.1 Å². The van der Waals surface area contributed by atoms with Crippen LogP contribution in [-0.4, -0.2) is 169 Å². The zero-order chi connectivity index (χ0) is 33.6. The van der Waals surface area contributed by atoms with Crippen molar-refractivity contribution in [1.29, 1.82) is 0 Å². The quantitative estimate of drug-likeness (QED) is 0.0615. The van der Waals surface area contributed by atoms with Crippen molar-refractivity contribution in [1.82, 2.24) is 39.0 Å². The Morgan fingerprint density at radius 3 is 1.34 bits per heavy atom. The molecule has 4 aromatic rings. The summed E-state index contributed by atoms with van der Waals surface area (Å²) in [7, 11) is -9.47. The predicted molar refractivity (Wildman–Crippen MR) is 148 cm³/mol. The summed E-state index contributed by atoms with van der Waals surface area (Å²) in [4.78, 5) is 57.5. The first-order valence-corrected chi connectivity index (χ1v) is 15.8. The summed E-state index contributed by atoms with van der Waals surface area (Å²) in [6.45, 7) is -1.24. The van der Waals surface area contributed by atoms with Crippen LogP contribution in [0.3, 0.4) is 0 Å². The number of ether oxygens (including phenoxy) is 2. The minimum absolute atomic E-state index is 0. The van der Waals surface area contributed by atoms with Crippen LogP contribution >= 0.6 is 15.6 Å². The summed E-state index contributed by atoms with van der Waals surface area (Å²) in [6, 6.07) is 0. The smallest absolute Gasteiger partial charge is 0.469 e. The Morgan fingerprint density at radius 1 is 0.638 bits per heavy atom. The Hall–Kier alpha value is -2.32. The molecule has 6 rings (SSSR count). The fraction of sp³-hybridized carbons (Fsp3) is 0.500. The summed E-state index contributed by atoms with van der Waals surface area (Å²) in [5.74, 6) is -0.716. The zero-order valence-corrected chi connectivity index (χ0v) is 27.5. The number of fused-ring (bicyclic) bond motifs is 2. The van der Waals surface area contributed by atoms with Crippen molar-refractivity contribution in [3.8, 4) is 11.8 Å². The van der Waals surface area contributed by atoms with E-state index >= 15 is 0 Å². The summed E-state index contributed by atoms with van der Waals surface area (Å²) < 4.78 is 43.3. The number of hydrogen-bond donors (Lipinski definition) is 10. The first-order valence-electron chi connectivity index (χ1n) is 12.7. The molecule has 8 atom stereocenters. The van der Waals surface area contributed by atoms with Crippen LogP contribution in [-0.2, 0) is 27.7 Å². The maximum Gasteiger partial charge on any atom is 0.469 e. The van der Waals surface area contributed by atoms with E-state index in [0.717, 1.165) is 12.7 Å². The van der Waals surface area contributed by atoms with Crippen molar-refractivity contribution < 1.29 is 77.9 Å². The van der Waals surface area contributed by atoms with E-state index in [4.69, 9.17) is 29.0 Å². The van der Waals surface area contributed by atoms with Gasteiger partial charge in [-0.2, -0.15) is 9.97 Å². The maximum absolute atomic E-state index is 10.7. The molecule has 0 spiro atoms. The monoisotopic (exact) mass is 719 g/mol. The molecule has 27 heteroatoms. The number of aromatic hydroxyl groups is 2. The Kier molecular flexibility index (Phi) is 11.7. The molecule has 1 radical (unpaired) electrons. The molecule has 47 heavy (non-hydrogen) atoms. The molecular formula is C20H26N8NaO16P2. The number of aliphatic hydroxyl groups excluding tert-OH is 4. The van der Waals surface area contributed by atoms with E-state index < -0.39 is 77.9 Å². The van der Waals surface area contributed by atoms with Crippen molar-refractivity contribution >= 4 is 67.5 Å². The van der Waals surface area contributed by atoms with Gasteiger partial charge in [-0.25, -0.2) is 29.1 Å². The van der Waals surface area contributed by atoms with Gasteiger partial charge in [0.25, 0.3) is 0 Å². The molecular weight excluding hydrogens is 693 g/mol. The SMILES string of the molecule is O=P(O)(O)OC[C@H]1O[C@@H](n2cnc3c(O)ncnc32)[C@H](O)[C@@H]1O.O=P(O)(O)OC[C@H]1O[C@@H](n2cnc3c(O)ncnc32)[C@H](O)[C@@H]1O.[Na]. The molecule has 0 aromatic carbocycles. The number of rotatable bonds is 8. The number of phosphoric ester groups is 2. The third kappa shape index (κ3) is 8.29. The van der Waals surface area contributed by atoms with E-state index in [1.807, 2.05) is 0 Å². The second-order valence-corrected chi connectivity index (χ2v) is 12.2. The van der Waals surface area contributed by atoms with Gasteiger partial charge in [-0.15, -0.1) is 0 Å². The summed E-state index contributed by atoms with van der Waals surface area (Å²) in [6.07, 6.45) is -5.71. The van der Waals surface area contributed by atoms with Crippen LogP contribution in [0.1, 0.15) is 12.5 Å². The van der Waals surface area contributed by atoms with E-state index in [1.165, 1.54) is 21.8 Å². The molecule has 10 N–H and O–H groups in total. The molecule has 4 aromatic heterocycles. The van der Waals surface area contributed by atoms with Crippen LogP contribution in [0, 0.1) is 0 Å². The molecule has 253 valence electrons. The molecule has 24 nitrogen and oxygen atoms in total. The molecule has 2 fully saturated rings. The number of aliphatic hydroxyl groups is 4. The van der Waals surface area contributed by atoms with E-state index in [-0.39, 0.29) is 63.6 Å². The van der Waals surface area contributed by atoms with Gasteiger partial charge in [-0.1, -0.05) is 0 Å². The molecule has 0 aliphatic carbocycles. The molecule has 0 unspecified atom stereocenters. The second kappa shape index (κ2) is 14.7. The van der Waals surface area contributed by atoms with Crippen LogP contribution in [0.4, 0.5) is 0 Å². The second-order valence-electron chi connectivity index (χ2n) is 9.71. The van der Waals surface area contributed by atoms with Crippen LogP contribution in [0.5, 0.6) is 11.8 Å². The van der Waals surface area contributed by atoms with Gasteiger partial charge in [0.05, 0.1) is 25.9 Å². The summed E-state index contributed by atoms with van der Waals surface area (Å²) in [5, 5.41) is 59.2. The van der Waals surface area contributed by atoms with E-state index in [0.29, 0.717) is 0 Å². The van der Waals surface area contributed by atoms with Crippen molar-refractivity contribution in [3.05, 3.63) is 25.3 Å². The Morgan fingerprint density at radius 2 is 1.00 bits per heavy atom. The molecule has 0 amide bonds. The van der Waals surface area contributed by atoms with Gasteiger partial charge >= 0.3 is 15.6 Å². The van der Waals surface area contributed by atoms with Crippen LogP contribution in [0.25, 0.3) is 22.3 Å². The van der Waals surface area contributed by atoms with E-state index in [1.54, 1.807) is 0 Å². The number of nitrogens with zero attached hydrogens (tertiary/aromatic N) is 8. The molecule has 6 heterocycles. The van der Waals surface area contributed by atoms with Gasteiger partial charge in [0.15, 0.2) is 34.8 Å². The van der Waals surface area contributed by atoms with Gasteiger partial charge in [0.2, 0.25) is 11.8 Å². The van der Waals surface area contributed by atoms with Gasteiger partial charge < -0.3 is 59.7 Å². The average molecular weight is 719 g/mol. The molecule has 0 saturated carbocycles. The molecule has 2 saturated heterocycles. The Bertz CT molecular complexity index is 1660. The zero-order valence-electron chi connectivity index (χ0n) is 23.7. The number of hydrogen-bond acceptors (Lipinski definition) is 18. The Balaban J connectivity index is 0.000000208. The van der Waals surface area contributed by atoms with Crippen molar-refractivity contribution in [3.63, 3.8) is 0 Å². The molecule has 2 aliphatic rings. The fourth-order valence-corrected chi connectivity index (χ4v) is 5.27. The fourth-order valence-electron chi connectivity index (χ4n) is 4.59. The minimum atomic E-state index is -4.74. The summed E-state index contributed by atoms with van der Waals surface area (Å²) in [5.41, 5.74) is 0.469. The van der Waals surface area contributed by atoms with Gasteiger partial charge in [0, 0.05) is 29.6 Å². The van der Waals surface area contributed by atoms with Gasteiger partial charge in [-0.05, 0) is 0 Å². The van der Waals surface area contributed by atoms with Gasteiger partial charge in [-0.3, -0.25) is 18.2 Å². The largest absolute Gasteiger partial charge is 0.492 e. The number of phosphoric acid groups is 2. The third-order valence-electron chi connectivity index (χ3n) is 6.72. The molecule has 2 aliphatic heterocycles. The van der Waals surface area contributed by atoms with Crippen molar-refractivity contribution in [2.24, 2.45) is 0 Å². The van der Waals surface area contributed by atoms with Crippen LogP contribution in [0.2, 0.25) is 0 Å². The number of aromatic nitrogens is 8. The number of imidazole rings is 2. The summed E-state index contributed by atoms with van der Waals surface area (Å²) >= 11 is 0. The Labute approximate surface area is 283 Å². The van der Waals surface area contributed by atoms with Gasteiger partial charge in [0.1, 0.15) is 49.3 Å². The molecule has 0 bridgehead atoms. The average Bonchev–Trinajstić information content (AvgIpc) is 3.73. The standard InChI is InChI=1S/2C10H13N4O8P.Na/c2*15-6-4(1-21-23(18,19)20)22-10(7(6)16)14-3-13-5-8(14)11-2-12-9(5)17;/h2*2-4,6-7,10,15-16H,1H2,(H,11,12,17)(H2,18,19,20);/t2*4-,6-,7-,10-;/m11./s1. The first kappa shape index (κ1) is 37.5. The van der Waals surface area contributed by atoms with Crippen LogP contribution < -0.4 is 0 Å². The van der Waals surface area contributed by atoms with Crippen molar-refractivity contribution in [2.75, 3.05) is 13.2 Å². The maximum atomic E-state index is 10.7.